The van der Waals surface area contributed by atoms with E-state index in [0.717, 1.165) is 27.6 Å². The zero-order chi connectivity index (χ0) is 26.5. The van der Waals surface area contributed by atoms with E-state index in [4.69, 9.17) is 4.74 Å². The topological polar surface area (TPSA) is 123 Å². The molecule has 0 unspecified atom stereocenters. The minimum absolute atomic E-state index is 0.149. The molecule has 190 valence electrons. The number of ether oxygens (including phenoxy) is 1. The highest BCUT2D eigenvalue weighted by molar-refractivity contribution is 7.93. The van der Waals surface area contributed by atoms with Crippen molar-refractivity contribution in [3.8, 4) is 11.1 Å². The lowest BCUT2D eigenvalue weighted by Gasteiger charge is -2.19. The molecule has 0 aliphatic rings. The van der Waals surface area contributed by atoms with Crippen molar-refractivity contribution in [3.05, 3.63) is 89.9 Å². The van der Waals surface area contributed by atoms with Gasteiger partial charge in [0.15, 0.2) is 5.82 Å². The largest absolute Gasteiger partial charge is 0.443 e. The van der Waals surface area contributed by atoms with E-state index < -0.39 is 21.7 Å². The number of amides is 1. The average Bonchev–Trinajstić information content (AvgIpc) is 2.85. The number of anilines is 1. The number of carbonyl (C=O) groups is 1. The summed E-state index contributed by atoms with van der Waals surface area (Å²) in [6.45, 7) is 5.32. The maximum absolute atomic E-state index is 12.4. The van der Waals surface area contributed by atoms with Gasteiger partial charge in [-0.3, -0.25) is 4.98 Å². The van der Waals surface area contributed by atoms with Crippen LogP contribution in [0.15, 0.2) is 78.3 Å². The molecule has 0 radical (unpaired) electrons. The van der Waals surface area contributed by atoms with Crippen LogP contribution in [-0.4, -0.2) is 35.1 Å². The second kappa shape index (κ2) is 10.8. The lowest BCUT2D eigenvalue weighted by atomic mass is 10.0. The fourth-order valence-corrected chi connectivity index (χ4v) is 4.18. The standard InChI is InChI=1S/C27H27N5O4S/c1-27(2,3)36-26(33)32-37(34,35)17-15-23-30-22-14-9-13-21(19-10-5-4-6-11-19)24(22)25(31-23)29-18-20-12-7-8-16-28-20/h4-17H,18H2,1-3H3,(H,32,33)(H,29,30,31)/b17-15+. The number of rotatable bonds is 7. The van der Waals surface area contributed by atoms with Crippen molar-refractivity contribution in [1.82, 2.24) is 19.7 Å². The zero-order valence-electron chi connectivity index (χ0n) is 20.7. The summed E-state index contributed by atoms with van der Waals surface area (Å²) in [4.78, 5) is 25.4. The molecule has 4 aromatic rings. The molecule has 9 nitrogen and oxygen atoms in total. The quantitative estimate of drug-likeness (QED) is 0.346. The van der Waals surface area contributed by atoms with Gasteiger partial charge in [-0.25, -0.2) is 27.9 Å². The third-order valence-electron chi connectivity index (χ3n) is 5.01. The summed E-state index contributed by atoms with van der Waals surface area (Å²) in [5.74, 6) is 0.669. The first-order valence-electron chi connectivity index (χ1n) is 11.5. The van der Waals surface area contributed by atoms with Gasteiger partial charge in [0.25, 0.3) is 10.0 Å². The normalized spacial score (nSPS) is 12.0. The molecule has 0 aliphatic carbocycles. The summed E-state index contributed by atoms with van der Waals surface area (Å²) in [6.07, 6.45) is 1.87. The number of sulfonamides is 1. The molecule has 4 rings (SSSR count). The van der Waals surface area contributed by atoms with Gasteiger partial charge in [-0.15, -0.1) is 0 Å². The molecule has 0 aliphatic heterocycles. The molecule has 2 heterocycles. The van der Waals surface area contributed by atoms with E-state index in [0.29, 0.717) is 17.9 Å². The molecule has 0 saturated carbocycles. The number of benzene rings is 2. The first-order valence-corrected chi connectivity index (χ1v) is 13.1. The summed E-state index contributed by atoms with van der Waals surface area (Å²) in [5.41, 5.74) is 2.51. The van der Waals surface area contributed by atoms with E-state index in [1.807, 2.05) is 71.5 Å². The molecule has 0 atom stereocenters. The van der Waals surface area contributed by atoms with Gasteiger partial charge in [0, 0.05) is 6.20 Å². The molecule has 0 fully saturated rings. The van der Waals surface area contributed by atoms with Crippen LogP contribution in [0.4, 0.5) is 10.6 Å². The third-order valence-corrected chi connectivity index (χ3v) is 5.95. The Morgan fingerprint density at radius 2 is 1.73 bits per heavy atom. The van der Waals surface area contributed by atoms with Crippen LogP contribution in [0.3, 0.4) is 0 Å². The highest BCUT2D eigenvalue weighted by Crippen LogP contribution is 2.32. The van der Waals surface area contributed by atoms with E-state index in [9.17, 15) is 13.2 Å². The van der Waals surface area contributed by atoms with E-state index >= 15 is 0 Å². The van der Waals surface area contributed by atoms with Gasteiger partial charge in [-0.2, -0.15) is 0 Å². The minimum atomic E-state index is -4.14. The minimum Gasteiger partial charge on any atom is -0.443 e. The Hall–Kier alpha value is -4.31. The molecular formula is C27H27N5O4S. The summed E-state index contributed by atoms with van der Waals surface area (Å²) >= 11 is 0. The van der Waals surface area contributed by atoms with Gasteiger partial charge in [0.1, 0.15) is 11.4 Å². The number of hydrogen-bond donors (Lipinski definition) is 2. The van der Waals surface area contributed by atoms with E-state index in [1.54, 1.807) is 27.0 Å². The van der Waals surface area contributed by atoms with E-state index in [1.165, 1.54) is 6.08 Å². The monoisotopic (exact) mass is 517 g/mol. The van der Waals surface area contributed by atoms with Gasteiger partial charge in [-0.05, 0) is 56.2 Å². The van der Waals surface area contributed by atoms with Crippen LogP contribution in [0.25, 0.3) is 28.1 Å². The molecular weight excluding hydrogens is 490 g/mol. The summed E-state index contributed by atoms with van der Waals surface area (Å²) in [7, 11) is -4.14. The number of hydrogen-bond acceptors (Lipinski definition) is 8. The van der Waals surface area contributed by atoms with Gasteiger partial charge < -0.3 is 10.1 Å². The van der Waals surface area contributed by atoms with Crippen molar-refractivity contribution in [2.45, 2.75) is 32.9 Å². The highest BCUT2D eigenvalue weighted by atomic mass is 32.2. The summed E-state index contributed by atoms with van der Waals surface area (Å²) in [5, 5.41) is 4.95. The average molecular weight is 518 g/mol. The first-order chi connectivity index (χ1) is 17.6. The van der Waals surface area contributed by atoms with Gasteiger partial charge >= 0.3 is 6.09 Å². The van der Waals surface area contributed by atoms with Crippen molar-refractivity contribution in [2.75, 3.05) is 5.32 Å². The van der Waals surface area contributed by atoms with Crippen molar-refractivity contribution in [3.63, 3.8) is 0 Å². The van der Waals surface area contributed by atoms with E-state index in [2.05, 4.69) is 20.3 Å². The lowest BCUT2D eigenvalue weighted by Crippen LogP contribution is -2.35. The fourth-order valence-electron chi connectivity index (χ4n) is 3.54. The molecule has 0 bridgehead atoms. The van der Waals surface area contributed by atoms with Crippen molar-refractivity contribution in [2.24, 2.45) is 0 Å². The summed E-state index contributed by atoms with van der Waals surface area (Å²) in [6, 6.07) is 21.2. The smallest absolute Gasteiger partial charge is 0.421 e. The van der Waals surface area contributed by atoms with Crippen LogP contribution < -0.4 is 10.0 Å². The molecule has 10 heteroatoms. The summed E-state index contributed by atoms with van der Waals surface area (Å²) < 4.78 is 31.7. The second-order valence-corrected chi connectivity index (χ2v) is 10.7. The van der Waals surface area contributed by atoms with Crippen LogP contribution in [0, 0.1) is 0 Å². The van der Waals surface area contributed by atoms with Crippen molar-refractivity contribution in [1.29, 1.82) is 0 Å². The predicted octanol–water partition coefficient (Wildman–Crippen LogP) is 5.13. The van der Waals surface area contributed by atoms with Crippen molar-refractivity contribution < 1.29 is 17.9 Å². The Bertz CT molecular complexity index is 1530. The highest BCUT2D eigenvalue weighted by Gasteiger charge is 2.20. The number of fused-ring (bicyclic) bond motifs is 1. The SMILES string of the molecule is CC(C)(C)OC(=O)NS(=O)(=O)/C=C/c1nc(NCc2ccccn2)c2c(-c3ccccc3)cccc2n1. The molecule has 2 aromatic carbocycles. The Morgan fingerprint density at radius 1 is 0.973 bits per heavy atom. The molecule has 2 aromatic heterocycles. The Morgan fingerprint density at radius 3 is 2.43 bits per heavy atom. The third kappa shape index (κ3) is 7.11. The van der Waals surface area contributed by atoms with Gasteiger partial charge in [0.2, 0.25) is 0 Å². The van der Waals surface area contributed by atoms with Gasteiger partial charge in [-0.1, -0.05) is 48.5 Å². The lowest BCUT2D eigenvalue weighted by molar-refractivity contribution is 0.0571. The van der Waals surface area contributed by atoms with Crippen LogP contribution in [0.2, 0.25) is 0 Å². The Kier molecular flexibility index (Phi) is 7.49. The maximum atomic E-state index is 12.4. The Balaban J connectivity index is 1.71. The van der Waals surface area contributed by atoms with Crippen molar-refractivity contribution >= 4 is 38.9 Å². The number of carbonyl (C=O) groups excluding carboxylic acids is 1. The molecule has 2 N–H and O–H groups in total. The van der Waals surface area contributed by atoms with Crippen LogP contribution in [-0.2, 0) is 21.3 Å². The Labute approximate surface area is 215 Å². The maximum Gasteiger partial charge on any atom is 0.421 e. The van der Waals surface area contributed by atoms with E-state index in [-0.39, 0.29) is 5.82 Å². The molecule has 37 heavy (non-hydrogen) atoms. The molecule has 1 amide bonds. The number of nitrogens with one attached hydrogen (secondary N) is 2. The number of nitrogens with zero attached hydrogens (tertiary/aromatic N) is 3. The molecule has 0 saturated heterocycles. The number of aromatic nitrogens is 3. The second-order valence-electron chi connectivity index (χ2n) is 9.12. The fraction of sp³-hybridized carbons (Fsp3) is 0.185. The van der Waals surface area contributed by atoms with Crippen LogP contribution in [0.5, 0.6) is 0 Å². The molecule has 0 spiro atoms. The van der Waals surface area contributed by atoms with Crippen LogP contribution in [0.1, 0.15) is 32.3 Å². The first kappa shape index (κ1) is 25.8. The van der Waals surface area contributed by atoms with Gasteiger partial charge in [0.05, 0.1) is 28.5 Å². The van der Waals surface area contributed by atoms with Crippen LogP contribution >= 0.6 is 0 Å². The number of pyridine rings is 1. The predicted molar refractivity (Wildman–Crippen MR) is 144 cm³/mol. The zero-order valence-corrected chi connectivity index (χ0v) is 21.5.